The Kier molecular flexibility index (Phi) is 5.46. The van der Waals surface area contributed by atoms with Crippen molar-refractivity contribution in [3.05, 3.63) is 65.2 Å². The van der Waals surface area contributed by atoms with Crippen LogP contribution in [0, 0.1) is 11.6 Å². The van der Waals surface area contributed by atoms with E-state index in [1.54, 1.807) is 38.3 Å². The summed E-state index contributed by atoms with van der Waals surface area (Å²) in [5.41, 5.74) is 1.21. The number of hydrogen-bond donors (Lipinski definition) is 2. The van der Waals surface area contributed by atoms with E-state index in [0.29, 0.717) is 16.9 Å². The molecule has 118 valence electrons. The summed E-state index contributed by atoms with van der Waals surface area (Å²) in [5.74, 6) is -0.564. The van der Waals surface area contributed by atoms with Crippen LogP contribution >= 0.6 is 0 Å². The zero-order chi connectivity index (χ0) is 16.1. The molecule has 2 N–H and O–H groups in total. The first kappa shape index (κ1) is 16.4. The maximum Gasteiger partial charge on any atom is 0.126 e. The highest BCUT2D eigenvalue weighted by molar-refractivity contribution is 5.30. The van der Waals surface area contributed by atoms with Crippen LogP contribution in [0.4, 0.5) is 8.78 Å². The maximum atomic E-state index is 13.2. The van der Waals surface area contributed by atoms with Gasteiger partial charge in [-0.2, -0.15) is 0 Å². The van der Waals surface area contributed by atoms with Crippen molar-refractivity contribution in [3.8, 4) is 5.75 Å². The molecule has 0 aromatic heterocycles. The number of nitrogens with one attached hydrogen (secondary N) is 1. The van der Waals surface area contributed by atoms with Crippen LogP contribution in [-0.4, -0.2) is 18.8 Å². The zero-order valence-electron chi connectivity index (χ0n) is 12.5. The quantitative estimate of drug-likeness (QED) is 0.860. The Labute approximate surface area is 128 Å². The summed E-state index contributed by atoms with van der Waals surface area (Å²) in [6.45, 7) is 2.04. The predicted octanol–water partition coefficient (Wildman–Crippen LogP) is 3.36. The molecule has 22 heavy (non-hydrogen) atoms. The first-order valence-corrected chi connectivity index (χ1v) is 7.01. The highest BCUT2D eigenvalue weighted by Gasteiger charge is 2.12. The van der Waals surface area contributed by atoms with Crippen LogP contribution in [0.1, 0.15) is 30.2 Å². The second-order valence-corrected chi connectivity index (χ2v) is 5.13. The molecule has 0 radical (unpaired) electrons. The Bertz CT molecular complexity index is 614. The van der Waals surface area contributed by atoms with Gasteiger partial charge in [-0.15, -0.1) is 0 Å². The molecule has 0 amide bonds. The first-order chi connectivity index (χ1) is 10.5. The normalized spacial score (nSPS) is 13.7. The Morgan fingerprint density at radius 2 is 1.77 bits per heavy atom. The van der Waals surface area contributed by atoms with Crippen LogP contribution < -0.4 is 10.1 Å². The van der Waals surface area contributed by atoms with E-state index in [4.69, 9.17) is 4.74 Å². The molecule has 2 unspecified atom stereocenters. The van der Waals surface area contributed by atoms with Gasteiger partial charge in [0.2, 0.25) is 0 Å². The number of aliphatic hydroxyl groups is 1. The van der Waals surface area contributed by atoms with Crippen molar-refractivity contribution < 1.29 is 18.6 Å². The molecule has 0 spiro atoms. The van der Waals surface area contributed by atoms with Gasteiger partial charge in [-0.25, -0.2) is 8.78 Å². The van der Waals surface area contributed by atoms with Gasteiger partial charge in [0.05, 0.1) is 13.2 Å². The molecule has 2 aromatic rings. The molecule has 0 saturated heterocycles. The third kappa shape index (κ3) is 4.26. The predicted molar refractivity (Wildman–Crippen MR) is 80.7 cm³/mol. The molecular formula is C17H19F2NO2. The molecule has 0 heterocycles. The molecule has 5 heteroatoms. The van der Waals surface area contributed by atoms with E-state index in [1.165, 1.54) is 12.1 Å². The standard InChI is InChI=1S/C17H19F2NO2/c1-11(13-6-14(18)9-15(19)7-13)20-10-17(21)12-4-3-5-16(8-12)22-2/h3-9,11,17,20-21H,10H2,1-2H3. The summed E-state index contributed by atoms with van der Waals surface area (Å²) in [4.78, 5) is 0. The lowest BCUT2D eigenvalue weighted by atomic mass is 10.1. The van der Waals surface area contributed by atoms with E-state index >= 15 is 0 Å². The van der Waals surface area contributed by atoms with Gasteiger partial charge in [-0.1, -0.05) is 12.1 Å². The molecular weight excluding hydrogens is 288 g/mol. The summed E-state index contributed by atoms with van der Waals surface area (Å²) < 4.78 is 31.5. The molecule has 0 aliphatic carbocycles. The van der Waals surface area contributed by atoms with Crippen LogP contribution in [-0.2, 0) is 0 Å². The van der Waals surface area contributed by atoms with E-state index < -0.39 is 17.7 Å². The first-order valence-electron chi connectivity index (χ1n) is 7.01. The van der Waals surface area contributed by atoms with Crippen molar-refractivity contribution in [2.45, 2.75) is 19.1 Å². The van der Waals surface area contributed by atoms with E-state index in [-0.39, 0.29) is 12.6 Å². The lowest BCUT2D eigenvalue weighted by molar-refractivity contribution is 0.170. The summed E-state index contributed by atoms with van der Waals surface area (Å²) in [5, 5.41) is 13.2. The minimum absolute atomic E-state index is 0.256. The van der Waals surface area contributed by atoms with Crippen LogP contribution in [0.5, 0.6) is 5.75 Å². The minimum Gasteiger partial charge on any atom is -0.497 e. The van der Waals surface area contributed by atoms with Crippen LogP contribution in [0.3, 0.4) is 0 Å². The second kappa shape index (κ2) is 7.33. The highest BCUT2D eigenvalue weighted by Crippen LogP contribution is 2.20. The smallest absolute Gasteiger partial charge is 0.126 e. The van der Waals surface area contributed by atoms with Gasteiger partial charge >= 0.3 is 0 Å². The van der Waals surface area contributed by atoms with Crippen molar-refractivity contribution in [2.24, 2.45) is 0 Å². The van der Waals surface area contributed by atoms with Gasteiger partial charge in [0.1, 0.15) is 17.4 Å². The highest BCUT2D eigenvalue weighted by atomic mass is 19.1. The molecule has 0 bridgehead atoms. The van der Waals surface area contributed by atoms with Crippen LogP contribution in [0.15, 0.2) is 42.5 Å². The molecule has 0 fully saturated rings. The van der Waals surface area contributed by atoms with Crippen molar-refractivity contribution in [3.63, 3.8) is 0 Å². The fourth-order valence-corrected chi connectivity index (χ4v) is 2.20. The SMILES string of the molecule is COc1cccc(C(O)CNC(C)c2cc(F)cc(F)c2)c1. The van der Waals surface area contributed by atoms with Crippen molar-refractivity contribution in [1.82, 2.24) is 5.32 Å². The Morgan fingerprint density at radius 3 is 2.41 bits per heavy atom. The van der Waals surface area contributed by atoms with Crippen molar-refractivity contribution >= 4 is 0 Å². The Hall–Kier alpha value is -1.98. The second-order valence-electron chi connectivity index (χ2n) is 5.13. The number of hydrogen-bond acceptors (Lipinski definition) is 3. The Balaban J connectivity index is 1.99. The molecule has 0 aliphatic rings. The molecule has 0 aliphatic heterocycles. The third-order valence-corrected chi connectivity index (χ3v) is 3.48. The molecule has 2 rings (SSSR count). The maximum absolute atomic E-state index is 13.2. The van der Waals surface area contributed by atoms with Gasteiger partial charge in [0.25, 0.3) is 0 Å². The van der Waals surface area contributed by atoms with Gasteiger partial charge < -0.3 is 15.2 Å². The van der Waals surface area contributed by atoms with E-state index in [2.05, 4.69) is 5.32 Å². The topological polar surface area (TPSA) is 41.5 Å². The van der Waals surface area contributed by atoms with Crippen LogP contribution in [0.25, 0.3) is 0 Å². The third-order valence-electron chi connectivity index (χ3n) is 3.48. The van der Waals surface area contributed by atoms with Gasteiger partial charge in [-0.3, -0.25) is 0 Å². The fraction of sp³-hybridized carbons (Fsp3) is 0.294. The average Bonchev–Trinajstić information content (AvgIpc) is 2.51. The van der Waals surface area contributed by atoms with E-state index in [9.17, 15) is 13.9 Å². The summed E-state index contributed by atoms with van der Waals surface area (Å²) in [7, 11) is 1.56. The Morgan fingerprint density at radius 1 is 1.09 bits per heavy atom. The number of aliphatic hydroxyl groups excluding tert-OH is 1. The number of ether oxygens (including phenoxy) is 1. The molecule has 2 aromatic carbocycles. The summed E-state index contributed by atoms with van der Waals surface area (Å²) in [6, 6.07) is 10.2. The van der Waals surface area contributed by atoms with Gasteiger partial charge in [-0.05, 0) is 42.3 Å². The van der Waals surface area contributed by atoms with E-state index in [1.807, 2.05) is 0 Å². The average molecular weight is 307 g/mol. The van der Waals surface area contributed by atoms with Gasteiger partial charge in [0.15, 0.2) is 0 Å². The molecule has 0 saturated carbocycles. The zero-order valence-corrected chi connectivity index (χ0v) is 12.5. The number of benzene rings is 2. The number of rotatable bonds is 6. The fourth-order valence-electron chi connectivity index (χ4n) is 2.20. The number of halogens is 2. The van der Waals surface area contributed by atoms with Crippen molar-refractivity contribution in [1.29, 1.82) is 0 Å². The largest absolute Gasteiger partial charge is 0.497 e. The van der Waals surface area contributed by atoms with Gasteiger partial charge in [0, 0.05) is 18.7 Å². The van der Waals surface area contributed by atoms with E-state index in [0.717, 1.165) is 6.07 Å². The van der Waals surface area contributed by atoms with Crippen LogP contribution in [0.2, 0.25) is 0 Å². The molecule has 2 atom stereocenters. The minimum atomic E-state index is -0.740. The monoisotopic (exact) mass is 307 g/mol. The molecule has 3 nitrogen and oxygen atoms in total. The summed E-state index contributed by atoms with van der Waals surface area (Å²) in [6.07, 6.45) is -0.740. The lowest BCUT2D eigenvalue weighted by Gasteiger charge is -2.18. The lowest BCUT2D eigenvalue weighted by Crippen LogP contribution is -2.24. The van der Waals surface area contributed by atoms with Crippen molar-refractivity contribution in [2.75, 3.05) is 13.7 Å². The summed E-state index contributed by atoms with van der Waals surface area (Å²) >= 11 is 0. The number of methoxy groups -OCH3 is 1.